The molecule has 0 unspecified atom stereocenters. The van der Waals surface area contributed by atoms with Gasteiger partial charge in [0.15, 0.2) is 0 Å². The van der Waals surface area contributed by atoms with E-state index in [1.165, 1.54) is 0 Å². The normalized spacial score (nSPS) is 14.9. The molecule has 29 heavy (non-hydrogen) atoms. The maximum absolute atomic E-state index is 12.3. The molecule has 0 radical (unpaired) electrons. The molecule has 1 aliphatic heterocycles. The molecule has 0 spiro atoms. The van der Waals surface area contributed by atoms with Crippen LogP contribution < -0.4 is 10.6 Å². The average Bonchev–Trinajstić information content (AvgIpc) is 3.16. The van der Waals surface area contributed by atoms with Gasteiger partial charge in [-0.2, -0.15) is 0 Å². The lowest BCUT2D eigenvalue weighted by atomic mass is 10.2. The van der Waals surface area contributed by atoms with Crippen LogP contribution in [0.2, 0.25) is 0 Å². The lowest BCUT2D eigenvalue weighted by molar-refractivity contribution is -0.116. The Morgan fingerprint density at radius 3 is 2.72 bits per heavy atom. The number of para-hydroxylation sites is 1. The van der Waals surface area contributed by atoms with Crippen molar-refractivity contribution in [2.24, 2.45) is 0 Å². The third kappa shape index (κ3) is 5.67. The highest BCUT2D eigenvalue weighted by Crippen LogP contribution is 2.18. The molecule has 0 atom stereocenters. The number of carbonyl (C=O) groups excluding carboxylic acids is 1. The summed E-state index contributed by atoms with van der Waals surface area (Å²) in [6.07, 6.45) is 0.495. The summed E-state index contributed by atoms with van der Waals surface area (Å²) < 4.78 is 11.2. The number of amides is 1. The Bertz CT molecular complexity index is 914. The van der Waals surface area contributed by atoms with E-state index in [4.69, 9.17) is 9.15 Å². The number of benzene rings is 2. The molecule has 3 aromatic rings. The lowest BCUT2D eigenvalue weighted by Crippen LogP contribution is -2.38. The van der Waals surface area contributed by atoms with Crippen molar-refractivity contribution in [3.63, 3.8) is 0 Å². The molecule has 2 N–H and O–H groups in total. The fourth-order valence-electron chi connectivity index (χ4n) is 3.52. The Morgan fingerprint density at radius 1 is 1.00 bits per heavy atom. The molecule has 1 aliphatic rings. The summed E-state index contributed by atoms with van der Waals surface area (Å²) in [5.41, 5.74) is 2.86. The molecular formula is C23H27N3O3. The number of rotatable bonds is 8. The van der Waals surface area contributed by atoms with Gasteiger partial charge in [0, 0.05) is 43.7 Å². The van der Waals surface area contributed by atoms with Crippen LogP contribution in [0.4, 0.5) is 5.69 Å². The minimum Gasteiger partial charge on any atom is -0.460 e. The van der Waals surface area contributed by atoms with E-state index >= 15 is 0 Å². The number of anilines is 1. The molecule has 6 nitrogen and oxygen atoms in total. The number of hydrogen-bond acceptors (Lipinski definition) is 5. The van der Waals surface area contributed by atoms with E-state index in [2.05, 4.69) is 27.7 Å². The van der Waals surface area contributed by atoms with Gasteiger partial charge in [-0.15, -0.1) is 0 Å². The van der Waals surface area contributed by atoms with Gasteiger partial charge < -0.3 is 19.8 Å². The molecular weight excluding hydrogens is 366 g/mol. The van der Waals surface area contributed by atoms with E-state index in [0.29, 0.717) is 19.5 Å². The number of nitrogens with zero attached hydrogens (tertiary/aromatic N) is 1. The number of carbonyl (C=O) groups is 1. The van der Waals surface area contributed by atoms with Gasteiger partial charge in [0.1, 0.15) is 11.3 Å². The SMILES string of the molecule is O=C(CCN1CCOCC1)Nc1cccc(CNCc2cc3ccccc3o2)c1. The highest BCUT2D eigenvalue weighted by Gasteiger charge is 2.12. The van der Waals surface area contributed by atoms with E-state index in [0.717, 1.165) is 60.8 Å². The first-order chi connectivity index (χ1) is 14.3. The van der Waals surface area contributed by atoms with Crippen LogP contribution in [0.25, 0.3) is 11.0 Å². The molecule has 1 fully saturated rings. The number of fused-ring (bicyclic) bond motifs is 1. The zero-order valence-corrected chi connectivity index (χ0v) is 16.5. The molecule has 1 saturated heterocycles. The summed E-state index contributed by atoms with van der Waals surface area (Å²) in [4.78, 5) is 14.5. The van der Waals surface area contributed by atoms with E-state index in [-0.39, 0.29) is 5.91 Å². The monoisotopic (exact) mass is 393 g/mol. The van der Waals surface area contributed by atoms with Crippen molar-refractivity contribution in [2.75, 3.05) is 38.2 Å². The summed E-state index contributed by atoms with van der Waals surface area (Å²) in [7, 11) is 0. The number of nitrogens with one attached hydrogen (secondary N) is 2. The van der Waals surface area contributed by atoms with Crippen molar-refractivity contribution >= 4 is 22.6 Å². The van der Waals surface area contributed by atoms with Crippen LogP contribution in [0, 0.1) is 0 Å². The van der Waals surface area contributed by atoms with Crippen LogP contribution >= 0.6 is 0 Å². The van der Waals surface area contributed by atoms with Crippen molar-refractivity contribution in [1.29, 1.82) is 0 Å². The second kappa shape index (κ2) is 9.69. The Labute approximate surface area is 170 Å². The third-order valence-corrected chi connectivity index (χ3v) is 5.07. The van der Waals surface area contributed by atoms with Crippen LogP contribution in [0.15, 0.2) is 59.0 Å². The van der Waals surface area contributed by atoms with Gasteiger partial charge in [-0.1, -0.05) is 30.3 Å². The van der Waals surface area contributed by atoms with E-state index in [9.17, 15) is 4.79 Å². The van der Waals surface area contributed by atoms with Crippen molar-refractivity contribution in [1.82, 2.24) is 10.2 Å². The molecule has 152 valence electrons. The van der Waals surface area contributed by atoms with Gasteiger partial charge in [0.25, 0.3) is 0 Å². The molecule has 0 saturated carbocycles. The third-order valence-electron chi connectivity index (χ3n) is 5.07. The van der Waals surface area contributed by atoms with Gasteiger partial charge in [-0.3, -0.25) is 9.69 Å². The van der Waals surface area contributed by atoms with Crippen molar-refractivity contribution in [3.8, 4) is 0 Å². The van der Waals surface area contributed by atoms with E-state index in [1.807, 2.05) is 42.5 Å². The maximum Gasteiger partial charge on any atom is 0.225 e. The minimum atomic E-state index is 0.0453. The van der Waals surface area contributed by atoms with Crippen molar-refractivity contribution < 1.29 is 13.9 Å². The average molecular weight is 393 g/mol. The van der Waals surface area contributed by atoms with Gasteiger partial charge in [-0.25, -0.2) is 0 Å². The summed E-state index contributed by atoms with van der Waals surface area (Å²) in [5, 5.41) is 7.52. The van der Waals surface area contributed by atoms with Crippen molar-refractivity contribution in [2.45, 2.75) is 19.5 Å². The first-order valence-corrected chi connectivity index (χ1v) is 10.1. The quantitative estimate of drug-likeness (QED) is 0.614. The Balaban J connectivity index is 1.24. The molecule has 1 aromatic heterocycles. The predicted octanol–water partition coefficient (Wildman–Crippen LogP) is 3.38. The van der Waals surface area contributed by atoms with E-state index < -0.39 is 0 Å². The maximum atomic E-state index is 12.3. The summed E-state index contributed by atoms with van der Waals surface area (Å²) in [6, 6.07) is 18.0. The second-order valence-electron chi connectivity index (χ2n) is 7.31. The Hall–Kier alpha value is -2.67. The minimum absolute atomic E-state index is 0.0453. The topological polar surface area (TPSA) is 66.7 Å². The van der Waals surface area contributed by atoms with Crippen LogP contribution in [0.1, 0.15) is 17.7 Å². The molecule has 2 heterocycles. The smallest absolute Gasteiger partial charge is 0.225 e. The first kappa shape index (κ1) is 19.6. The van der Waals surface area contributed by atoms with Crippen LogP contribution in [0.5, 0.6) is 0 Å². The fourth-order valence-corrected chi connectivity index (χ4v) is 3.52. The zero-order chi connectivity index (χ0) is 19.9. The summed E-state index contributed by atoms with van der Waals surface area (Å²) in [5.74, 6) is 0.961. The number of furan rings is 1. The predicted molar refractivity (Wildman–Crippen MR) is 114 cm³/mol. The van der Waals surface area contributed by atoms with Crippen molar-refractivity contribution in [3.05, 3.63) is 65.9 Å². The molecule has 6 heteroatoms. The molecule has 0 bridgehead atoms. The van der Waals surface area contributed by atoms with Crippen LogP contribution in [-0.4, -0.2) is 43.7 Å². The van der Waals surface area contributed by atoms with E-state index in [1.54, 1.807) is 0 Å². The van der Waals surface area contributed by atoms with Gasteiger partial charge in [-0.05, 0) is 29.8 Å². The first-order valence-electron chi connectivity index (χ1n) is 10.1. The Morgan fingerprint density at radius 2 is 1.86 bits per heavy atom. The summed E-state index contributed by atoms with van der Waals surface area (Å²) >= 11 is 0. The molecule has 1 amide bonds. The fraction of sp³-hybridized carbons (Fsp3) is 0.348. The highest BCUT2D eigenvalue weighted by molar-refractivity contribution is 5.90. The lowest BCUT2D eigenvalue weighted by Gasteiger charge is -2.26. The van der Waals surface area contributed by atoms with Crippen LogP contribution in [0.3, 0.4) is 0 Å². The van der Waals surface area contributed by atoms with Gasteiger partial charge in [0.05, 0.1) is 19.8 Å². The number of morpholine rings is 1. The van der Waals surface area contributed by atoms with Gasteiger partial charge in [0.2, 0.25) is 5.91 Å². The van der Waals surface area contributed by atoms with Gasteiger partial charge >= 0.3 is 0 Å². The standard InChI is InChI=1S/C23H27N3O3/c27-23(8-9-26-10-12-28-13-11-26)25-20-6-3-4-18(14-20)16-24-17-21-15-19-5-1-2-7-22(19)29-21/h1-7,14-15,24H,8-13,16-17H2,(H,25,27). The molecule has 2 aromatic carbocycles. The number of hydrogen-bond donors (Lipinski definition) is 2. The molecule has 4 rings (SSSR count). The number of ether oxygens (including phenoxy) is 1. The molecule has 0 aliphatic carbocycles. The Kier molecular flexibility index (Phi) is 6.56. The summed E-state index contributed by atoms with van der Waals surface area (Å²) in [6.45, 7) is 5.45. The van der Waals surface area contributed by atoms with Crippen LogP contribution in [-0.2, 0) is 22.6 Å². The largest absolute Gasteiger partial charge is 0.460 e. The second-order valence-corrected chi connectivity index (χ2v) is 7.31. The highest BCUT2D eigenvalue weighted by atomic mass is 16.5. The zero-order valence-electron chi connectivity index (χ0n) is 16.5.